The zero-order chi connectivity index (χ0) is 14.0. The van der Waals surface area contributed by atoms with Gasteiger partial charge in [0.2, 0.25) is 0 Å². The third-order valence-corrected chi connectivity index (χ3v) is 3.05. The number of amides is 1. The molecule has 1 amide bonds. The molecule has 0 spiro atoms. The maximum atomic E-state index is 12.1. The zero-order valence-corrected chi connectivity index (χ0v) is 11.2. The van der Waals surface area contributed by atoms with E-state index in [-0.39, 0.29) is 18.2 Å². The highest BCUT2D eigenvalue weighted by Gasteiger charge is 2.32. The van der Waals surface area contributed by atoms with Gasteiger partial charge in [-0.2, -0.15) is 0 Å². The molecule has 0 saturated heterocycles. The summed E-state index contributed by atoms with van der Waals surface area (Å²) in [7, 11) is 0. The molecule has 0 saturated carbocycles. The van der Waals surface area contributed by atoms with Crippen molar-refractivity contribution in [3.05, 3.63) is 23.8 Å². The van der Waals surface area contributed by atoms with Gasteiger partial charge >= 0.3 is 0 Å². The fourth-order valence-corrected chi connectivity index (χ4v) is 2.16. The van der Waals surface area contributed by atoms with E-state index in [1.54, 1.807) is 6.92 Å². The van der Waals surface area contributed by atoms with E-state index in [1.165, 1.54) is 11.8 Å². The average molecular weight is 262 g/mol. The van der Waals surface area contributed by atoms with Gasteiger partial charge in [0, 0.05) is 0 Å². The molecular formula is C14H18N2O3. The molecule has 1 unspecified atom stereocenters. The number of nitrogens with two attached hydrogens (primary N) is 1. The molecule has 5 heteroatoms. The summed E-state index contributed by atoms with van der Waals surface area (Å²) in [5.74, 6) is 0.388. The van der Waals surface area contributed by atoms with Crippen molar-refractivity contribution in [2.45, 2.75) is 26.4 Å². The lowest BCUT2D eigenvalue weighted by Gasteiger charge is -2.32. The number of benzene rings is 1. The quantitative estimate of drug-likeness (QED) is 0.874. The minimum absolute atomic E-state index is 0.0578. The molecule has 1 aromatic carbocycles. The third kappa shape index (κ3) is 2.76. The topological polar surface area (TPSA) is 72.6 Å². The summed E-state index contributed by atoms with van der Waals surface area (Å²) in [6.45, 7) is 3.77. The molecule has 1 aromatic rings. The summed E-state index contributed by atoms with van der Waals surface area (Å²) in [4.78, 5) is 24.9. The molecule has 5 nitrogen and oxygen atoms in total. The molecule has 0 aromatic heterocycles. The summed E-state index contributed by atoms with van der Waals surface area (Å²) in [6.07, 6.45) is 0.164. The zero-order valence-electron chi connectivity index (χ0n) is 11.2. The summed E-state index contributed by atoms with van der Waals surface area (Å²) >= 11 is 0. The lowest BCUT2D eigenvalue weighted by Crippen LogP contribution is -2.46. The van der Waals surface area contributed by atoms with Gasteiger partial charge in [-0.05, 0) is 44.5 Å². The van der Waals surface area contributed by atoms with E-state index >= 15 is 0 Å². The minimum atomic E-state index is -0.563. The number of rotatable bonds is 4. The number of nitrogens with zero attached hydrogens (tertiary/aromatic N) is 1. The van der Waals surface area contributed by atoms with Crippen LogP contribution in [0.5, 0.6) is 5.75 Å². The average Bonchev–Trinajstić information content (AvgIpc) is 2.36. The Morgan fingerprint density at radius 3 is 2.84 bits per heavy atom. The first-order chi connectivity index (χ1) is 9.02. The predicted molar refractivity (Wildman–Crippen MR) is 72.3 cm³/mol. The number of hydrogen-bond donors (Lipinski definition) is 1. The van der Waals surface area contributed by atoms with Crippen molar-refractivity contribution in [3.8, 4) is 5.75 Å². The van der Waals surface area contributed by atoms with Crippen LogP contribution in [0.4, 0.5) is 5.69 Å². The van der Waals surface area contributed by atoms with Crippen molar-refractivity contribution < 1.29 is 14.3 Å². The highest BCUT2D eigenvalue weighted by atomic mass is 16.5. The summed E-state index contributed by atoms with van der Waals surface area (Å²) in [6, 6.07) is 5.63. The molecule has 1 heterocycles. The molecule has 2 rings (SSSR count). The maximum absolute atomic E-state index is 12.1. The molecular weight excluding hydrogens is 244 g/mol. The number of ketones is 1. The van der Waals surface area contributed by atoms with E-state index in [1.807, 2.05) is 18.2 Å². The smallest absolute Gasteiger partial charge is 0.268 e. The van der Waals surface area contributed by atoms with Crippen LogP contribution in [0.2, 0.25) is 0 Å². The fourth-order valence-electron chi connectivity index (χ4n) is 2.16. The molecule has 0 fully saturated rings. The maximum Gasteiger partial charge on any atom is 0.268 e. The van der Waals surface area contributed by atoms with Crippen molar-refractivity contribution in [1.82, 2.24) is 0 Å². The summed E-state index contributed by atoms with van der Waals surface area (Å²) in [5, 5.41) is 0. The number of anilines is 1. The van der Waals surface area contributed by atoms with Crippen LogP contribution in [0.3, 0.4) is 0 Å². The second-order valence-electron chi connectivity index (χ2n) is 4.73. The summed E-state index contributed by atoms with van der Waals surface area (Å²) < 4.78 is 5.56. The molecule has 2 N–H and O–H groups in total. The van der Waals surface area contributed by atoms with Crippen LogP contribution in [-0.4, -0.2) is 30.9 Å². The SMILES string of the molecule is CC(=O)CN1C(=O)C(C)Oc2ccc(CCN)cc21. The molecule has 102 valence electrons. The van der Waals surface area contributed by atoms with Gasteiger partial charge in [-0.15, -0.1) is 0 Å². The third-order valence-electron chi connectivity index (χ3n) is 3.05. The first kappa shape index (κ1) is 13.5. The largest absolute Gasteiger partial charge is 0.479 e. The first-order valence-corrected chi connectivity index (χ1v) is 6.33. The molecule has 0 aliphatic carbocycles. The molecule has 1 aliphatic heterocycles. The van der Waals surface area contributed by atoms with Gasteiger partial charge < -0.3 is 10.5 Å². The number of hydrogen-bond acceptors (Lipinski definition) is 4. The van der Waals surface area contributed by atoms with Crippen molar-refractivity contribution in [1.29, 1.82) is 0 Å². The van der Waals surface area contributed by atoms with Crippen LogP contribution >= 0.6 is 0 Å². The van der Waals surface area contributed by atoms with Crippen molar-refractivity contribution >= 4 is 17.4 Å². The van der Waals surface area contributed by atoms with Gasteiger partial charge in [0.1, 0.15) is 11.5 Å². The van der Waals surface area contributed by atoms with E-state index in [2.05, 4.69) is 0 Å². The Bertz CT molecular complexity index is 513. The number of fused-ring (bicyclic) bond motifs is 1. The predicted octanol–water partition coefficient (Wildman–Crippen LogP) is 0.891. The van der Waals surface area contributed by atoms with Gasteiger partial charge in [0.05, 0.1) is 12.2 Å². The van der Waals surface area contributed by atoms with E-state index < -0.39 is 6.10 Å². The van der Waals surface area contributed by atoms with Crippen LogP contribution in [0.25, 0.3) is 0 Å². The van der Waals surface area contributed by atoms with Crippen LogP contribution in [0.15, 0.2) is 18.2 Å². The van der Waals surface area contributed by atoms with Crippen molar-refractivity contribution in [3.63, 3.8) is 0 Å². The second kappa shape index (κ2) is 5.40. The van der Waals surface area contributed by atoms with Crippen LogP contribution in [-0.2, 0) is 16.0 Å². The van der Waals surface area contributed by atoms with E-state index in [4.69, 9.17) is 10.5 Å². The Hall–Kier alpha value is -1.88. The highest BCUT2D eigenvalue weighted by molar-refractivity contribution is 6.03. The van der Waals surface area contributed by atoms with E-state index in [0.717, 1.165) is 12.0 Å². The van der Waals surface area contributed by atoms with E-state index in [0.29, 0.717) is 18.0 Å². The van der Waals surface area contributed by atoms with E-state index in [9.17, 15) is 9.59 Å². The van der Waals surface area contributed by atoms with Crippen LogP contribution < -0.4 is 15.4 Å². The fraction of sp³-hybridized carbons (Fsp3) is 0.429. The molecule has 19 heavy (non-hydrogen) atoms. The van der Waals surface area contributed by atoms with Crippen molar-refractivity contribution in [2.75, 3.05) is 18.0 Å². The summed E-state index contributed by atoms with van der Waals surface area (Å²) in [5.41, 5.74) is 7.22. The van der Waals surface area contributed by atoms with Gasteiger partial charge in [0.25, 0.3) is 5.91 Å². The highest BCUT2D eigenvalue weighted by Crippen LogP contribution is 2.34. The van der Waals surface area contributed by atoms with Gasteiger partial charge in [-0.3, -0.25) is 14.5 Å². The number of carbonyl (C=O) groups is 2. The molecule has 0 radical (unpaired) electrons. The Labute approximate surface area is 112 Å². The minimum Gasteiger partial charge on any atom is -0.479 e. The Balaban J connectivity index is 2.41. The Morgan fingerprint density at radius 2 is 2.21 bits per heavy atom. The number of Topliss-reactive ketones (excluding diaryl/α,β-unsaturated/α-hetero) is 1. The van der Waals surface area contributed by atoms with Gasteiger partial charge in [-0.1, -0.05) is 6.07 Å². The number of carbonyl (C=O) groups excluding carboxylic acids is 2. The van der Waals surface area contributed by atoms with Crippen LogP contribution in [0, 0.1) is 0 Å². The van der Waals surface area contributed by atoms with Gasteiger partial charge in [-0.25, -0.2) is 0 Å². The molecule has 1 aliphatic rings. The normalized spacial score (nSPS) is 17.9. The monoisotopic (exact) mass is 262 g/mol. The molecule has 1 atom stereocenters. The lowest BCUT2D eigenvalue weighted by molar-refractivity contribution is -0.127. The second-order valence-corrected chi connectivity index (χ2v) is 4.73. The lowest BCUT2D eigenvalue weighted by atomic mass is 10.1. The molecule has 0 bridgehead atoms. The van der Waals surface area contributed by atoms with Crippen LogP contribution in [0.1, 0.15) is 19.4 Å². The number of ether oxygens (including phenoxy) is 1. The van der Waals surface area contributed by atoms with Crippen molar-refractivity contribution in [2.24, 2.45) is 5.73 Å². The standard InChI is InChI=1S/C14H18N2O3/c1-9(17)8-16-12-7-11(5-6-15)3-4-13(12)19-10(2)14(16)18/h3-4,7,10H,5-6,8,15H2,1-2H3. The Kier molecular flexibility index (Phi) is 3.85. The Morgan fingerprint density at radius 1 is 1.47 bits per heavy atom. The first-order valence-electron chi connectivity index (χ1n) is 6.33. The van der Waals surface area contributed by atoms with Gasteiger partial charge in [0.15, 0.2) is 6.10 Å².